The first kappa shape index (κ1) is 17.2. The summed E-state index contributed by atoms with van der Waals surface area (Å²) in [6, 6.07) is 15.4. The molecule has 1 heterocycles. The number of benzene rings is 2. The highest BCUT2D eigenvalue weighted by molar-refractivity contribution is 7.99. The first-order chi connectivity index (χ1) is 12.0. The molecule has 0 saturated heterocycles. The summed E-state index contributed by atoms with van der Waals surface area (Å²) in [7, 11) is 0. The quantitative estimate of drug-likeness (QED) is 0.634. The maximum Gasteiger partial charge on any atom is 0.288 e. The van der Waals surface area contributed by atoms with Crippen LogP contribution in [0, 0.1) is 6.92 Å². The van der Waals surface area contributed by atoms with Crippen molar-refractivity contribution >= 4 is 23.4 Å². The topological polar surface area (TPSA) is 55.1 Å². The lowest BCUT2D eigenvalue weighted by Gasteiger charge is -2.05. The molecule has 4 nitrogen and oxygen atoms in total. The minimum Gasteiger partial charge on any atom is -0.441 e. The molecule has 0 fully saturated rings. The molecule has 0 aliphatic rings. The highest BCUT2D eigenvalue weighted by Crippen LogP contribution is 2.27. The van der Waals surface area contributed by atoms with Gasteiger partial charge in [0.25, 0.3) is 11.7 Å². The largest absolute Gasteiger partial charge is 0.441 e. The minimum atomic E-state index is -2.48. The second-order valence-electron chi connectivity index (χ2n) is 5.15. The second kappa shape index (κ2) is 7.48. The third-order valence-electron chi connectivity index (χ3n) is 3.37. The van der Waals surface area contributed by atoms with Crippen LogP contribution in [0.4, 0.5) is 14.5 Å². The Labute approximate surface area is 147 Å². The number of carbonyl (C=O) groups excluding carboxylic acids is 1. The van der Waals surface area contributed by atoms with Crippen LogP contribution in [0.5, 0.6) is 0 Å². The average molecular weight is 360 g/mol. The molecule has 128 valence electrons. The van der Waals surface area contributed by atoms with E-state index in [9.17, 15) is 13.6 Å². The third-order valence-corrected chi connectivity index (χ3v) is 4.09. The van der Waals surface area contributed by atoms with Crippen LogP contribution >= 0.6 is 11.8 Å². The summed E-state index contributed by atoms with van der Waals surface area (Å²) in [4.78, 5) is 17.1. The molecule has 3 rings (SSSR count). The summed E-state index contributed by atoms with van der Waals surface area (Å²) >= 11 is 0.452. The molecule has 7 heteroatoms. The monoisotopic (exact) mass is 360 g/mol. The molecule has 0 aliphatic carbocycles. The zero-order valence-corrected chi connectivity index (χ0v) is 14.0. The molecule has 0 unspecified atom stereocenters. The maximum atomic E-state index is 12.4. The Morgan fingerprint density at radius 1 is 1.12 bits per heavy atom. The summed E-state index contributed by atoms with van der Waals surface area (Å²) in [5, 5.41) is 2.69. The summed E-state index contributed by atoms with van der Waals surface area (Å²) in [5.41, 5.74) is 1.45. The molecule has 1 N–H and O–H groups in total. The summed E-state index contributed by atoms with van der Waals surface area (Å²) in [6.07, 6.45) is 0. The maximum absolute atomic E-state index is 12.4. The van der Waals surface area contributed by atoms with E-state index in [1.54, 1.807) is 19.1 Å². The van der Waals surface area contributed by atoms with Crippen molar-refractivity contribution in [2.24, 2.45) is 0 Å². The Bertz CT molecular complexity index is 865. The van der Waals surface area contributed by atoms with Crippen LogP contribution < -0.4 is 5.32 Å². The van der Waals surface area contributed by atoms with Gasteiger partial charge in [-0.15, -0.1) is 0 Å². The van der Waals surface area contributed by atoms with Gasteiger partial charge in [0.05, 0.1) is 0 Å². The number of nitrogens with one attached hydrogen (secondary N) is 1. The molecule has 3 aromatic rings. The Morgan fingerprint density at radius 2 is 1.80 bits per heavy atom. The average Bonchev–Trinajstić information content (AvgIpc) is 2.99. The van der Waals surface area contributed by atoms with Gasteiger partial charge < -0.3 is 9.73 Å². The smallest absolute Gasteiger partial charge is 0.288 e. The standard InChI is InChI=1S/C18H14F2N2O2S/c1-11-15(22-17(24-11)12-5-3-2-4-6-12)16(23)21-13-7-9-14(10-8-13)25-18(19)20/h2-10,18H,1H3,(H,21,23). The van der Waals surface area contributed by atoms with Crippen molar-refractivity contribution in [3.8, 4) is 11.5 Å². The van der Waals surface area contributed by atoms with E-state index < -0.39 is 11.7 Å². The molecule has 1 aromatic heterocycles. The van der Waals surface area contributed by atoms with Crippen LogP contribution in [-0.2, 0) is 0 Å². The lowest BCUT2D eigenvalue weighted by atomic mass is 10.2. The molecule has 0 bridgehead atoms. The Morgan fingerprint density at radius 3 is 2.44 bits per heavy atom. The van der Waals surface area contributed by atoms with Crippen LogP contribution in [0.2, 0.25) is 0 Å². The molecule has 0 spiro atoms. The van der Waals surface area contributed by atoms with Crippen LogP contribution in [0.1, 0.15) is 16.2 Å². The van der Waals surface area contributed by atoms with Gasteiger partial charge in [0, 0.05) is 16.1 Å². The summed E-state index contributed by atoms with van der Waals surface area (Å²) in [5.74, 6) is -2.12. The van der Waals surface area contributed by atoms with Crippen molar-refractivity contribution in [1.29, 1.82) is 0 Å². The zero-order valence-electron chi connectivity index (χ0n) is 13.2. The molecule has 0 saturated carbocycles. The van der Waals surface area contributed by atoms with Gasteiger partial charge in [0.1, 0.15) is 5.76 Å². The van der Waals surface area contributed by atoms with Gasteiger partial charge in [-0.25, -0.2) is 4.98 Å². The van der Waals surface area contributed by atoms with E-state index in [0.717, 1.165) is 5.56 Å². The van der Waals surface area contributed by atoms with Crippen LogP contribution in [0.3, 0.4) is 0 Å². The van der Waals surface area contributed by atoms with Crippen LogP contribution in [-0.4, -0.2) is 16.6 Å². The number of halogens is 2. The van der Waals surface area contributed by atoms with E-state index in [1.165, 1.54) is 12.1 Å². The van der Waals surface area contributed by atoms with Crippen molar-refractivity contribution in [2.45, 2.75) is 17.6 Å². The Balaban J connectivity index is 1.74. The number of hydrogen-bond acceptors (Lipinski definition) is 4. The number of thioether (sulfide) groups is 1. The van der Waals surface area contributed by atoms with Gasteiger partial charge in [-0.1, -0.05) is 30.0 Å². The third kappa shape index (κ3) is 4.24. The number of nitrogens with zero attached hydrogens (tertiary/aromatic N) is 1. The first-order valence-electron chi connectivity index (χ1n) is 7.42. The van der Waals surface area contributed by atoms with E-state index in [2.05, 4.69) is 10.3 Å². The summed E-state index contributed by atoms with van der Waals surface area (Å²) < 4.78 is 30.2. The van der Waals surface area contributed by atoms with E-state index >= 15 is 0 Å². The van der Waals surface area contributed by atoms with E-state index in [-0.39, 0.29) is 5.69 Å². The van der Waals surface area contributed by atoms with E-state index in [1.807, 2.05) is 30.3 Å². The van der Waals surface area contributed by atoms with Gasteiger partial charge in [0.2, 0.25) is 5.89 Å². The first-order valence-corrected chi connectivity index (χ1v) is 8.30. The fraction of sp³-hybridized carbons (Fsp3) is 0.111. The predicted octanol–water partition coefficient (Wildman–Crippen LogP) is 5.22. The highest BCUT2D eigenvalue weighted by atomic mass is 32.2. The number of aryl methyl sites for hydroxylation is 1. The number of rotatable bonds is 5. The number of amides is 1. The van der Waals surface area contributed by atoms with Crippen molar-refractivity contribution in [3.63, 3.8) is 0 Å². The lowest BCUT2D eigenvalue weighted by molar-refractivity contribution is 0.102. The molecule has 25 heavy (non-hydrogen) atoms. The number of aromatic nitrogens is 1. The Hall–Kier alpha value is -2.67. The molecule has 0 atom stereocenters. The minimum absolute atomic E-state index is 0.185. The molecular formula is C18H14F2N2O2S. The van der Waals surface area contributed by atoms with Crippen molar-refractivity contribution < 1.29 is 18.0 Å². The fourth-order valence-electron chi connectivity index (χ4n) is 2.22. The van der Waals surface area contributed by atoms with Crippen LogP contribution in [0.25, 0.3) is 11.5 Å². The van der Waals surface area contributed by atoms with E-state index in [4.69, 9.17) is 4.42 Å². The van der Waals surface area contributed by atoms with Crippen molar-refractivity contribution in [3.05, 3.63) is 66.1 Å². The van der Waals surface area contributed by atoms with Gasteiger partial charge >= 0.3 is 0 Å². The predicted molar refractivity (Wildman–Crippen MR) is 92.9 cm³/mol. The second-order valence-corrected chi connectivity index (χ2v) is 6.21. The summed E-state index contributed by atoms with van der Waals surface area (Å²) in [6.45, 7) is 1.66. The van der Waals surface area contributed by atoms with Gasteiger partial charge in [0.15, 0.2) is 5.69 Å². The molecule has 0 radical (unpaired) electrons. The van der Waals surface area contributed by atoms with Gasteiger partial charge in [-0.2, -0.15) is 8.78 Å². The molecule has 2 aromatic carbocycles. The molecular weight excluding hydrogens is 346 g/mol. The lowest BCUT2D eigenvalue weighted by Crippen LogP contribution is -2.13. The van der Waals surface area contributed by atoms with Gasteiger partial charge in [-0.3, -0.25) is 4.79 Å². The van der Waals surface area contributed by atoms with Gasteiger partial charge in [-0.05, 0) is 43.3 Å². The number of alkyl halides is 2. The SMILES string of the molecule is Cc1oc(-c2ccccc2)nc1C(=O)Nc1ccc(SC(F)F)cc1. The van der Waals surface area contributed by atoms with E-state index in [0.29, 0.717) is 34.0 Å². The molecule has 1 amide bonds. The fourth-order valence-corrected chi connectivity index (χ4v) is 2.72. The zero-order chi connectivity index (χ0) is 17.8. The normalized spacial score (nSPS) is 10.9. The number of anilines is 1. The number of oxazole rings is 1. The van der Waals surface area contributed by atoms with Crippen molar-refractivity contribution in [2.75, 3.05) is 5.32 Å². The molecule has 0 aliphatic heterocycles. The Kier molecular flexibility index (Phi) is 5.14. The van der Waals surface area contributed by atoms with Crippen molar-refractivity contribution in [1.82, 2.24) is 4.98 Å². The number of carbonyl (C=O) groups is 1. The van der Waals surface area contributed by atoms with Crippen LogP contribution in [0.15, 0.2) is 63.9 Å². The highest BCUT2D eigenvalue weighted by Gasteiger charge is 2.18. The number of hydrogen-bond donors (Lipinski definition) is 1.